The Bertz CT molecular complexity index is 1130. The van der Waals surface area contributed by atoms with Crippen LogP contribution in [0.5, 0.6) is 0 Å². The maximum absolute atomic E-state index is 13.1. The van der Waals surface area contributed by atoms with Gasteiger partial charge in [-0.05, 0) is 49.4 Å². The van der Waals surface area contributed by atoms with Crippen molar-refractivity contribution in [3.8, 4) is 10.6 Å². The number of hydrogen-bond donors (Lipinski definition) is 0. The number of anilines is 1. The van der Waals surface area contributed by atoms with Gasteiger partial charge in [0.25, 0.3) is 5.91 Å². The van der Waals surface area contributed by atoms with Crippen LogP contribution < -0.4 is 4.90 Å². The molecule has 1 aromatic heterocycles. The van der Waals surface area contributed by atoms with Crippen LogP contribution in [0.15, 0.2) is 48.5 Å². The normalized spacial score (nSPS) is 13.8. The van der Waals surface area contributed by atoms with E-state index in [1.807, 2.05) is 24.3 Å². The molecule has 4 rings (SSSR count). The molecule has 1 aliphatic rings. The lowest BCUT2D eigenvalue weighted by Gasteiger charge is -2.36. The molecule has 3 aromatic rings. The second kappa shape index (κ2) is 9.67. The maximum Gasteiger partial charge on any atom is 0.350 e. The second-order valence-electron chi connectivity index (χ2n) is 7.36. The molecule has 2 heterocycles. The first kappa shape index (κ1) is 22.2. The molecule has 6 nitrogen and oxygen atoms in total. The monoisotopic (exact) mass is 473 g/mol. The molecule has 9 heteroatoms. The number of aromatic nitrogens is 1. The van der Waals surface area contributed by atoms with Gasteiger partial charge < -0.3 is 14.5 Å². The quantitative estimate of drug-likeness (QED) is 0.513. The van der Waals surface area contributed by atoms with Crippen LogP contribution in [0, 0.1) is 12.7 Å². The third kappa shape index (κ3) is 5.08. The fourth-order valence-corrected chi connectivity index (χ4v) is 4.62. The molecule has 166 valence electrons. The van der Waals surface area contributed by atoms with Gasteiger partial charge in [-0.25, -0.2) is 14.2 Å². The highest BCUT2D eigenvalue weighted by Crippen LogP contribution is 2.28. The first-order valence-electron chi connectivity index (χ1n) is 10.1. The average molecular weight is 474 g/mol. The van der Waals surface area contributed by atoms with Gasteiger partial charge in [-0.1, -0.05) is 17.7 Å². The minimum Gasteiger partial charge on any atom is -0.451 e. The molecule has 2 aromatic carbocycles. The number of carbonyl (C=O) groups is 2. The number of carbonyl (C=O) groups excluding carboxylic acids is 2. The summed E-state index contributed by atoms with van der Waals surface area (Å²) in [6.07, 6.45) is 0. The number of rotatable bonds is 5. The lowest BCUT2D eigenvalue weighted by atomic mass is 10.2. The first-order chi connectivity index (χ1) is 15.4. The molecular formula is C23H21ClFN3O3S. The van der Waals surface area contributed by atoms with Crippen molar-refractivity contribution < 1.29 is 18.7 Å². The SMILES string of the molecule is Cc1nc(-c2ccc(F)cc2)sc1C(=O)OCC(=O)N1CCN(c2cccc(Cl)c2)CC1. The predicted octanol–water partition coefficient (Wildman–Crippen LogP) is 4.42. The Morgan fingerprint density at radius 3 is 2.53 bits per heavy atom. The first-order valence-corrected chi connectivity index (χ1v) is 11.3. The minimum atomic E-state index is -0.584. The van der Waals surface area contributed by atoms with E-state index in [-0.39, 0.29) is 18.3 Å². The predicted molar refractivity (Wildman–Crippen MR) is 123 cm³/mol. The van der Waals surface area contributed by atoms with Crippen LogP contribution in [0.2, 0.25) is 5.02 Å². The van der Waals surface area contributed by atoms with E-state index in [0.717, 1.165) is 17.0 Å². The average Bonchev–Trinajstić information content (AvgIpc) is 3.19. The van der Waals surface area contributed by atoms with Crippen molar-refractivity contribution in [3.63, 3.8) is 0 Å². The van der Waals surface area contributed by atoms with Gasteiger partial charge in [-0.2, -0.15) is 0 Å². The molecule has 1 fully saturated rings. The Morgan fingerprint density at radius 2 is 1.84 bits per heavy atom. The minimum absolute atomic E-state index is 0.231. The molecule has 1 aliphatic heterocycles. The summed E-state index contributed by atoms with van der Waals surface area (Å²) in [5.41, 5.74) is 2.25. The molecule has 0 bridgehead atoms. The second-order valence-corrected chi connectivity index (χ2v) is 8.80. The van der Waals surface area contributed by atoms with Crippen LogP contribution >= 0.6 is 22.9 Å². The van der Waals surface area contributed by atoms with Gasteiger partial charge in [0.05, 0.1) is 5.69 Å². The number of amides is 1. The molecule has 32 heavy (non-hydrogen) atoms. The van der Waals surface area contributed by atoms with E-state index in [1.165, 1.54) is 12.1 Å². The van der Waals surface area contributed by atoms with E-state index < -0.39 is 5.97 Å². The number of nitrogens with zero attached hydrogens (tertiary/aromatic N) is 3. The van der Waals surface area contributed by atoms with Gasteiger partial charge in [0.2, 0.25) is 0 Å². The highest BCUT2D eigenvalue weighted by Gasteiger charge is 2.24. The summed E-state index contributed by atoms with van der Waals surface area (Å²) >= 11 is 7.22. The Balaban J connectivity index is 1.31. The van der Waals surface area contributed by atoms with Gasteiger partial charge in [-0.15, -0.1) is 11.3 Å². The summed E-state index contributed by atoms with van der Waals surface area (Å²) in [6, 6.07) is 13.5. The van der Waals surface area contributed by atoms with Crippen LogP contribution in [0.1, 0.15) is 15.4 Å². The molecule has 0 unspecified atom stereocenters. The van der Waals surface area contributed by atoms with Gasteiger partial charge in [0.15, 0.2) is 6.61 Å². The number of esters is 1. The summed E-state index contributed by atoms with van der Waals surface area (Å²) in [7, 11) is 0. The topological polar surface area (TPSA) is 62.7 Å². The zero-order valence-electron chi connectivity index (χ0n) is 17.4. The van der Waals surface area contributed by atoms with Crippen molar-refractivity contribution in [1.82, 2.24) is 9.88 Å². The van der Waals surface area contributed by atoms with E-state index >= 15 is 0 Å². The van der Waals surface area contributed by atoms with Crippen molar-refractivity contribution in [2.24, 2.45) is 0 Å². The molecule has 0 radical (unpaired) electrons. The number of halogens is 2. The largest absolute Gasteiger partial charge is 0.451 e. The van der Waals surface area contributed by atoms with Crippen LogP contribution in [-0.4, -0.2) is 54.5 Å². The third-order valence-electron chi connectivity index (χ3n) is 5.21. The van der Waals surface area contributed by atoms with Crippen molar-refractivity contribution in [2.45, 2.75) is 6.92 Å². The van der Waals surface area contributed by atoms with Gasteiger partial charge in [0, 0.05) is 42.5 Å². The molecule has 1 amide bonds. The van der Waals surface area contributed by atoms with Crippen LogP contribution in [0.3, 0.4) is 0 Å². The lowest BCUT2D eigenvalue weighted by molar-refractivity contribution is -0.134. The fourth-order valence-electron chi connectivity index (χ4n) is 3.47. The summed E-state index contributed by atoms with van der Waals surface area (Å²) < 4.78 is 18.4. The number of piperazine rings is 1. The summed E-state index contributed by atoms with van der Waals surface area (Å²) in [4.78, 5) is 33.6. The molecular weight excluding hydrogens is 453 g/mol. The van der Waals surface area contributed by atoms with Gasteiger partial charge in [-0.3, -0.25) is 4.79 Å². The van der Waals surface area contributed by atoms with Crippen LogP contribution in [0.4, 0.5) is 10.1 Å². The zero-order valence-corrected chi connectivity index (χ0v) is 19.0. The zero-order chi connectivity index (χ0) is 22.7. The van der Waals surface area contributed by atoms with E-state index in [2.05, 4.69) is 9.88 Å². The molecule has 0 N–H and O–H groups in total. The molecule has 1 saturated heterocycles. The van der Waals surface area contributed by atoms with E-state index in [4.69, 9.17) is 16.3 Å². The van der Waals surface area contributed by atoms with E-state index in [9.17, 15) is 14.0 Å². The van der Waals surface area contributed by atoms with Crippen LogP contribution in [0.25, 0.3) is 10.6 Å². The van der Waals surface area contributed by atoms with Crippen molar-refractivity contribution >= 4 is 40.5 Å². The molecule has 0 spiro atoms. The maximum atomic E-state index is 13.1. The van der Waals surface area contributed by atoms with Gasteiger partial charge in [0.1, 0.15) is 15.7 Å². The number of ether oxygens (including phenoxy) is 1. The van der Waals surface area contributed by atoms with Crippen LogP contribution in [-0.2, 0) is 9.53 Å². The summed E-state index contributed by atoms with van der Waals surface area (Å²) in [5, 5.41) is 1.27. The Kier molecular flexibility index (Phi) is 6.72. The standard InChI is InChI=1S/C23H21ClFN3O3S/c1-15-21(32-22(26-15)16-5-7-18(25)8-6-16)23(30)31-14-20(29)28-11-9-27(10-12-28)19-4-2-3-17(24)13-19/h2-8,13H,9-12,14H2,1H3. The Labute approximate surface area is 194 Å². The number of benzene rings is 2. The third-order valence-corrected chi connectivity index (χ3v) is 6.63. The molecule has 0 aliphatic carbocycles. The van der Waals surface area contributed by atoms with E-state index in [1.54, 1.807) is 24.0 Å². The van der Waals surface area contributed by atoms with Gasteiger partial charge >= 0.3 is 5.97 Å². The number of thiazole rings is 1. The Morgan fingerprint density at radius 1 is 1.12 bits per heavy atom. The van der Waals surface area contributed by atoms with Crippen molar-refractivity contribution in [2.75, 3.05) is 37.7 Å². The highest BCUT2D eigenvalue weighted by atomic mass is 35.5. The number of hydrogen-bond acceptors (Lipinski definition) is 6. The molecule has 0 saturated carbocycles. The highest BCUT2D eigenvalue weighted by molar-refractivity contribution is 7.17. The smallest absolute Gasteiger partial charge is 0.350 e. The summed E-state index contributed by atoms with van der Waals surface area (Å²) in [5.74, 6) is -1.15. The van der Waals surface area contributed by atoms with Crippen molar-refractivity contribution in [1.29, 1.82) is 0 Å². The van der Waals surface area contributed by atoms with E-state index in [0.29, 0.717) is 52.3 Å². The molecule has 0 atom stereocenters. The summed E-state index contributed by atoms with van der Waals surface area (Å²) in [6.45, 7) is 3.81. The van der Waals surface area contributed by atoms with Crippen molar-refractivity contribution in [3.05, 3.63) is 69.9 Å². The fraction of sp³-hybridized carbons (Fsp3) is 0.261. The Hall–Kier alpha value is -2.97. The number of aryl methyl sites for hydroxylation is 1. The lowest BCUT2D eigenvalue weighted by Crippen LogP contribution is -2.49.